The van der Waals surface area contributed by atoms with Gasteiger partial charge in [-0.2, -0.15) is 13.2 Å². The predicted molar refractivity (Wildman–Crippen MR) is 221 cm³/mol. The van der Waals surface area contributed by atoms with Gasteiger partial charge in [0.25, 0.3) is 5.91 Å². The number of aromatic nitrogens is 1. The smallest absolute Gasteiger partial charge is 0.406 e. The van der Waals surface area contributed by atoms with Gasteiger partial charge in [0.15, 0.2) is 6.17 Å². The van der Waals surface area contributed by atoms with Gasteiger partial charge in [-0.05, 0) is 78.9 Å². The van der Waals surface area contributed by atoms with E-state index in [2.05, 4.69) is 22.5 Å². The van der Waals surface area contributed by atoms with Crippen molar-refractivity contribution < 1.29 is 42.3 Å². The first-order valence-electron chi connectivity index (χ1n) is 19.9. The van der Waals surface area contributed by atoms with Crippen LogP contribution in [0.25, 0.3) is 10.9 Å². The molecule has 0 saturated carbocycles. The van der Waals surface area contributed by atoms with Crippen LogP contribution in [-0.4, -0.2) is 116 Å². The third-order valence-electron chi connectivity index (χ3n) is 11.2. The van der Waals surface area contributed by atoms with Gasteiger partial charge in [0.05, 0.1) is 48.6 Å². The molecule has 1 unspecified atom stereocenters. The van der Waals surface area contributed by atoms with Crippen molar-refractivity contribution in [3.05, 3.63) is 83.0 Å². The van der Waals surface area contributed by atoms with E-state index in [4.69, 9.17) is 4.74 Å². The summed E-state index contributed by atoms with van der Waals surface area (Å²) in [7, 11) is 6.94. The first-order chi connectivity index (χ1) is 28.1. The van der Waals surface area contributed by atoms with Crippen LogP contribution in [0.5, 0.6) is 5.75 Å². The van der Waals surface area contributed by atoms with Gasteiger partial charge in [-0.15, -0.1) is 0 Å². The Kier molecular flexibility index (Phi) is 13.4. The molecule has 3 heterocycles. The molecule has 0 spiro atoms. The molecular weight excluding hydrogens is 767 g/mol. The van der Waals surface area contributed by atoms with Crippen molar-refractivity contribution in [2.45, 2.75) is 70.3 Å². The average Bonchev–Trinajstić information content (AvgIpc) is 3.52. The maximum Gasteiger partial charge on any atom is 0.406 e. The van der Waals surface area contributed by atoms with Crippen molar-refractivity contribution in [3.8, 4) is 17.6 Å². The van der Waals surface area contributed by atoms with Crippen LogP contribution in [0.2, 0.25) is 0 Å². The molecule has 0 bridgehead atoms. The van der Waals surface area contributed by atoms with Crippen LogP contribution >= 0.6 is 0 Å². The Hall–Kier alpha value is -5.30. The number of fused-ring (bicyclic) bond motifs is 2. The number of carbonyl (C=O) groups is 2. The lowest BCUT2D eigenvalue weighted by molar-refractivity contribution is -0.619. The molecule has 0 radical (unpaired) electrons. The normalized spacial score (nSPS) is 20.0. The van der Waals surface area contributed by atoms with Gasteiger partial charge in [-0.25, -0.2) is 4.39 Å². The van der Waals surface area contributed by atoms with Crippen LogP contribution in [0.3, 0.4) is 0 Å². The molecule has 4 aromatic rings. The number of ether oxygens (including phenoxy) is 1. The lowest BCUT2D eigenvalue weighted by Gasteiger charge is -2.37. The molecule has 1 saturated heterocycles. The fourth-order valence-corrected chi connectivity index (χ4v) is 8.22. The van der Waals surface area contributed by atoms with Crippen molar-refractivity contribution in [2.75, 3.05) is 64.7 Å². The number of likely N-dealkylation sites (N-methyl/N-ethyl adjacent to an activating group) is 1. The average molecular weight is 821 g/mol. The van der Waals surface area contributed by atoms with Crippen LogP contribution in [0.4, 0.5) is 34.6 Å². The van der Waals surface area contributed by atoms with Crippen molar-refractivity contribution in [1.82, 2.24) is 19.7 Å². The highest BCUT2D eigenvalue weighted by Gasteiger charge is 2.34. The van der Waals surface area contributed by atoms with Gasteiger partial charge in [0, 0.05) is 51.4 Å². The standard InChI is InChI=1S/C44H53F4N7O4/c1-27(2)41-42(57)50-31(25-56)20-29-13-12-28(19-39(29)54(41)5)23-53(4)43(58)30-14-15-40(59-6)37(21-30)49-17-8-9-32-22-33-35(51-36-16-18-52(3)24-34(36)45)10-7-11-38(33)55(32)26-44(46,47)48/h7,10-15,19,21-22,27,31,34,36,41,49,51,56H,16-18,20,23-26H2,1-6H3,(H,50,57)/p+1/t31-,34-,36?,41-/m0/s1. The fraction of sp³-hybridized carbons (Fsp3) is 0.455. The van der Waals surface area contributed by atoms with Crippen molar-refractivity contribution in [1.29, 1.82) is 0 Å². The topological polar surface area (TPSA) is 119 Å². The minimum atomic E-state index is -4.50. The number of nitrogens with one attached hydrogen (secondary N) is 2. The van der Waals surface area contributed by atoms with E-state index in [-0.39, 0.29) is 49.2 Å². The Bertz CT molecular complexity index is 2210. The number of anilines is 2. The van der Waals surface area contributed by atoms with Gasteiger partial charge in [-0.1, -0.05) is 38.0 Å². The van der Waals surface area contributed by atoms with Gasteiger partial charge in [0.1, 0.15) is 30.1 Å². The number of alkyl halides is 4. The van der Waals surface area contributed by atoms with Gasteiger partial charge in [-0.3, -0.25) is 9.59 Å². The number of hydrogen-bond donors (Lipinski definition) is 4. The van der Waals surface area contributed by atoms with E-state index in [9.17, 15) is 32.3 Å². The predicted octanol–water partition coefficient (Wildman–Crippen LogP) is 4.68. The zero-order valence-electron chi connectivity index (χ0n) is 34.4. The second-order valence-corrected chi connectivity index (χ2v) is 16.0. The maximum absolute atomic E-state index is 14.9. The Labute approximate surface area is 342 Å². The zero-order chi connectivity index (χ0) is 42.6. The number of nitrogens with zero attached hydrogens (tertiary/aromatic N) is 4. The number of nitrogens with two attached hydrogens (primary N) is 1. The summed E-state index contributed by atoms with van der Waals surface area (Å²) in [6.07, 6.45) is -4.50. The van der Waals surface area contributed by atoms with Crippen LogP contribution in [-0.2, 0) is 24.3 Å². The number of amides is 2. The van der Waals surface area contributed by atoms with E-state index < -0.39 is 31.0 Å². The first kappa shape index (κ1) is 43.3. The Morgan fingerprint density at radius 3 is 2.61 bits per heavy atom. The van der Waals surface area contributed by atoms with Crippen LogP contribution in [0.1, 0.15) is 47.4 Å². The molecule has 6 rings (SSSR count). The van der Waals surface area contributed by atoms with E-state index in [0.29, 0.717) is 53.0 Å². The molecule has 15 heteroatoms. The molecule has 0 aliphatic carbocycles. The minimum Gasteiger partial charge on any atom is -0.495 e. The second kappa shape index (κ2) is 18.3. The van der Waals surface area contributed by atoms with Gasteiger partial charge < -0.3 is 45.1 Å². The first-order valence-corrected chi connectivity index (χ1v) is 19.9. The molecule has 1 fully saturated rings. The number of piperidine rings is 1. The summed E-state index contributed by atoms with van der Waals surface area (Å²) in [5, 5.41) is 18.5. The number of likely N-dealkylation sites (tertiary alicyclic amines) is 1. The van der Waals surface area contributed by atoms with Gasteiger partial charge >= 0.3 is 6.18 Å². The number of aliphatic hydroxyl groups is 1. The molecular formula is C44H54F4N7O4+. The third kappa shape index (κ3) is 10.1. The monoisotopic (exact) mass is 820 g/mol. The molecule has 59 heavy (non-hydrogen) atoms. The number of rotatable bonds is 11. The Morgan fingerprint density at radius 2 is 1.92 bits per heavy atom. The highest BCUT2D eigenvalue weighted by molar-refractivity contribution is 5.95. The quantitative estimate of drug-likeness (QED) is 0.0987. The Balaban J connectivity index is 1.19. The van der Waals surface area contributed by atoms with Crippen molar-refractivity contribution in [2.24, 2.45) is 5.92 Å². The number of benzene rings is 3. The third-order valence-corrected chi connectivity index (χ3v) is 11.2. The maximum atomic E-state index is 14.9. The van der Waals surface area contributed by atoms with Crippen molar-refractivity contribution >= 4 is 39.8 Å². The zero-order valence-corrected chi connectivity index (χ0v) is 34.4. The Morgan fingerprint density at radius 1 is 1.14 bits per heavy atom. The largest absolute Gasteiger partial charge is 0.495 e. The van der Waals surface area contributed by atoms with Crippen LogP contribution in [0, 0.1) is 17.8 Å². The summed E-state index contributed by atoms with van der Waals surface area (Å²) in [6, 6.07) is 16.4. The SMILES string of the molecule is COc1ccc(C(=O)N(C)Cc2ccc3c(c2)N(C)[C@@H](C(C)C)C(=O)N[C@H](CO)C3)cc1NCC#Cc1cc2c([NH2+]C3CCN(C)C[C@@H]3F)cccc2n1CC(F)(F)F. The molecule has 11 nitrogen and oxygen atoms in total. The summed E-state index contributed by atoms with van der Waals surface area (Å²) in [5.41, 5.74) is 4.78. The van der Waals surface area contributed by atoms with E-state index in [1.807, 2.05) is 61.3 Å². The molecule has 316 valence electrons. The van der Waals surface area contributed by atoms with E-state index in [1.54, 1.807) is 54.4 Å². The molecule has 5 N–H and O–H groups in total. The molecule has 1 aromatic heterocycles. The lowest BCUT2D eigenvalue weighted by Crippen LogP contribution is -2.88. The van der Waals surface area contributed by atoms with Crippen molar-refractivity contribution in [3.63, 3.8) is 0 Å². The molecule has 2 aliphatic rings. The molecule has 2 aliphatic heterocycles. The van der Waals surface area contributed by atoms with Crippen LogP contribution in [0.15, 0.2) is 60.7 Å². The highest BCUT2D eigenvalue weighted by Crippen LogP contribution is 2.31. The lowest BCUT2D eigenvalue weighted by atomic mass is 9.94. The number of quaternary nitrogens is 1. The summed E-state index contributed by atoms with van der Waals surface area (Å²) >= 11 is 0. The number of halogens is 4. The van der Waals surface area contributed by atoms with E-state index >= 15 is 0 Å². The molecule has 4 atom stereocenters. The number of aliphatic hydroxyl groups excluding tert-OH is 1. The fourth-order valence-electron chi connectivity index (χ4n) is 8.22. The van der Waals surface area contributed by atoms with Crippen LogP contribution < -0.4 is 25.6 Å². The number of carbonyl (C=O) groups excluding carboxylic acids is 2. The summed E-state index contributed by atoms with van der Waals surface area (Å²) < 4.78 is 63.1. The number of hydrogen-bond acceptors (Lipinski definition) is 7. The number of methoxy groups -OCH3 is 1. The van der Waals surface area contributed by atoms with E-state index in [0.717, 1.165) is 27.9 Å². The second-order valence-electron chi connectivity index (χ2n) is 16.0. The minimum absolute atomic E-state index is 0.00154. The summed E-state index contributed by atoms with van der Waals surface area (Å²) in [5.74, 6) is 5.90. The van der Waals surface area contributed by atoms with E-state index in [1.165, 1.54) is 7.11 Å². The highest BCUT2D eigenvalue weighted by atomic mass is 19.4. The van der Waals surface area contributed by atoms with Gasteiger partial charge in [0.2, 0.25) is 5.91 Å². The molecule has 2 amide bonds. The molecule has 3 aromatic carbocycles. The summed E-state index contributed by atoms with van der Waals surface area (Å²) in [4.78, 5) is 32.4. The summed E-state index contributed by atoms with van der Waals surface area (Å²) in [6.45, 7) is 3.89.